The Bertz CT molecular complexity index is 719. The summed E-state index contributed by atoms with van der Waals surface area (Å²) in [6.45, 7) is 1.75. The molecule has 6 heteroatoms. The number of rotatable bonds is 5. The lowest BCUT2D eigenvalue weighted by Gasteiger charge is -2.28. The fourth-order valence-corrected chi connectivity index (χ4v) is 3.96. The summed E-state index contributed by atoms with van der Waals surface area (Å²) in [4.78, 5) is 0.113. The van der Waals surface area contributed by atoms with Crippen LogP contribution in [0.1, 0.15) is 12.5 Å². The van der Waals surface area contributed by atoms with Crippen molar-refractivity contribution in [3.05, 3.63) is 65.2 Å². The van der Waals surface area contributed by atoms with E-state index in [1.807, 2.05) is 30.3 Å². The Kier molecular flexibility index (Phi) is 4.94. The molecule has 0 aromatic heterocycles. The minimum atomic E-state index is -3.72. The first-order valence-electron chi connectivity index (χ1n) is 6.28. The van der Waals surface area contributed by atoms with Crippen LogP contribution in [0.2, 0.25) is 5.02 Å². The molecule has 0 heterocycles. The van der Waals surface area contributed by atoms with Crippen LogP contribution in [0.15, 0.2) is 59.5 Å². The summed E-state index contributed by atoms with van der Waals surface area (Å²) in [7, 11) is -3.72. The third-order valence-electron chi connectivity index (χ3n) is 3.14. The second-order valence-corrected chi connectivity index (χ2v) is 7.28. The topological polar surface area (TPSA) is 46.2 Å². The van der Waals surface area contributed by atoms with Crippen molar-refractivity contribution in [2.75, 3.05) is 5.88 Å². The number of hydrogen-bond acceptors (Lipinski definition) is 2. The lowest BCUT2D eigenvalue weighted by Crippen LogP contribution is -2.44. The van der Waals surface area contributed by atoms with E-state index in [0.717, 1.165) is 5.56 Å². The van der Waals surface area contributed by atoms with Gasteiger partial charge in [-0.3, -0.25) is 0 Å². The molecule has 2 aromatic rings. The van der Waals surface area contributed by atoms with E-state index in [9.17, 15) is 8.42 Å². The second-order valence-electron chi connectivity index (χ2n) is 4.89. The van der Waals surface area contributed by atoms with E-state index >= 15 is 0 Å². The van der Waals surface area contributed by atoms with Crippen LogP contribution in [0.4, 0.5) is 0 Å². The minimum absolute atomic E-state index is 0.108. The van der Waals surface area contributed by atoms with Crippen LogP contribution < -0.4 is 4.72 Å². The van der Waals surface area contributed by atoms with Crippen molar-refractivity contribution in [3.63, 3.8) is 0 Å². The largest absolute Gasteiger partial charge is 0.241 e. The summed E-state index contributed by atoms with van der Waals surface area (Å²) in [6.07, 6.45) is 0. The number of benzene rings is 2. The highest BCUT2D eigenvalue weighted by Crippen LogP contribution is 2.25. The Morgan fingerprint density at radius 2 is 1.76 bits per heavy atom. The molecule has 0 amide bonds. The third kappa shape index (κ3) is 3.77. The van der Waals surface area contributed by atoms with Gasteiger partial charge in [0.25, 0.3) is 0 Å². The maximum Gasteiger partial charge on any atom is 0.241 e. The first kappa shape index (κ1) is 16.3. The molecule has 2 rings (SSSR count). The molecule has 21 heavy (non-hydrogen) atoms. The molecular weight excluding hydrogens is 329 g/mol. The SMILES string of the molecule is CC(CCl)(NS(=O)(=O)c1cccc(Cl)c1)c1ccccc1. The van der Waals surface area contributed by atoms with Crippen molar-refractivity contribution in [2.24, 2.45) is 0 Å². The number of halogens is 2. The van der Waals surface area contributed by atoms with Crippen molar-refractivity contribution in [1.29, 1.82) is 0 Å². The van der Waals surface area contributed by atoms with Gasteiger partial charge in [-0.25, -0.2) is 8.42 Å². The Balaban J connectivity index is 2.38. The molecule has 112 valence electrons. The molecule has 2 aromatic carbocycles. The lowest BCUT2D eigenvalue weighted by molar-refractivity contribution is 0.477. The second kappa shape index (κ2) is 6.36. The fourth-order valence-electron chi connectivity index (χ4n) is 1.96. The first-order valence-corrected chi connectivity index (χ1v) is 8.68. The zero-order valence-corrected chi connectivity index (χ0v) is 13.7. The quantitative estimate of drug-likeness (QED) is 0.840. The van der Waals surface area contributed by atoms with Crippen molar-refractivity contribution in [3.8, 4) is 0 Å². The van der Waals surface area contributed by atoms with Gasteiger partial charge >= 0.3 is 0 Å². The Labute approximate surface area is 135 Å². The van der Waals surface area contributed by atoms with E-state index in [-0.39, 0.29) is 10.8 Å². The van der Waals surface area contributed by atoms with Gasteiger partial charge in [-0.2, -0.15) is 4.72 Å². The van der Waals surface area contributed by atoms with Crippen molar-refractivity contribution < 1.29 is 8.42 Å². The van der Waals surface area contributed by atoms with Crippen molar-refractivity contribution in [2.45, 2.75) is 17.4 Å². The highest BCUT2D eigenvalue weighted by molar-refractivity contribution is 7.89. The molecule has 0 aliphatic rings. The van der Waals surface area contributed by atoms with Crippen LogP contribution in [0, 0.1) is 0 Å². The van der Waals surface area contributed by atoms with Crippen LogP contribution in [0.5, 0.6) is 0 Å². The Morgan fingerprint density at radius 1 is 1.10 bits per heavy atom. The third-order valence-corrected chi connectivity index (χ3v) is 5.51. The average molecular weight is 344 g/mol. The van der Waals surface area contributed by atoms with E-state index in [1.165, 1.54) is 12.1 Å². The van der Waals surface area contributed by atoms with Gasteiger partial charge in [-0.15, -0.1) is 11.6 Å². The summed E-state index contributed by atoms with van der Waals surface area (Å²) in [5.41, 5.74) is -0.102. The summed E-state index contributed by atoms with van der Waals surface area (Å²) >= 11 is 11.9. The zero-order valence-electron chi connectivity index (χ0n) is 11.4. The molecule has 0 radical (unpaired) electrons. The summed E-state index contributed by atoms with van der Waals surface area (Å²) in [5, 5.41) is 0.366. The van der Waals surface area contributed by atoms with Crippen LogP contribution in [-0.2, 0) is 15.6 Å². The molecule has 0 aliphatic carbocycles. The predicted octanol–water partition coefficient (Wildman–Crippen LogP) is 3.77. The van der Waals surface area contributed by atoms with Crippen molar-refractivity contribution >= 4 is 33.2 Å². The van der Waals surface area contributed by atoms with Crippen LogP contribution >= 0.6 is 23.2 Å². The fraction of sp³-hybridized carbons (Fsp3) is 0.200. The maximum absolute atomic E-state index is 12.5. The molecule has 1 unspecified atom stereocenters. The van der Waals surface area contributed by atoms with Crippen LogP contribution in [-0.4, -0.2) is 14.3 Å². The number of nitrogens with one attached hydrogen (secondary N) is 1. The number of alkyl halides is 1. The van der Waals surface area contributed by atoms with E-state index in [0.29, 0.717) is 5.02 Å². The smallest absolute Gasteiger partial charge is 0.207 e. The lowest BCUT2D eigenvalue weighted by atomic mass is 9.96. The first-order chi connectivity index (χ1) is 9.87. The molecule has 0 aliphatic heterocycles. The maximum atomic E-state index is 12.5. The van der Waals surface area contributed by atoms with Gasteiger partial charge in [0.15, 0.2) is 0 Å². The predicted molar refractivity (Wildman–Crippen MR) is 86.3 cm³/mol. The standard InChI is InChI=1S/C15H15Cl2NO2S/c1-15(11-16,12-6-3-2-4-7-12)18-21(19,20)14-9-5-8-13(17)10-14/h2-10,18H,11H2,1H3. The normalized spacial score (nSPS) is 14.6. The summed E-state index contributed by atoms with van der Waals surface area (Å²) < 4.78 is 27.7. The van der Waals surface area contributed by atoms with E-state index in [2.05, 4.69) is 4.72 Å². The summed E-state index contributed by atoms with van der Waals surface area (Å²) in [6, 6.07) is 15.3. The highest BCUT2D eigenvalue weighted by atomic mass is 35.5. The van der Waals surface area contributed by atoms with E-state index in [4.69, 9.17) is 23.2 Å². The molecule has 1 atom stereocenters. The van der Waals surface area contributed by atoms with Gasteiger partial charge in [0.1, 0.15) is 0 Å². The van der Waals surface area contributed by atoms with Crippen LogP contribution in [0.3, 0.4) is 0 Å². The van der Waals surface area contributed by atoms with Crippen molar-refractivity contribution in [1.82, 2.24) is 4.72 Å². The molecule has 0 saturated carbocycles. The Morgan fingerprint density at radius 3 is 2.33 bits per heavy atom. The zero-order chi connectivity index (χ0) is 15.5. The monoisotopic (exact) mass is 343 g/mol. The molecule has 0 bridgehead atoms. The van der Waals surface area contributed by atoms with Gasteiger partial charge < -0.3 is 0 Å². The summed E-state index contributed by atoms with van der Waals surface area (Å²) in [5.74, 6) is 0.108. The number of hydrogen-bond donors (Lipinski definition) is 1. The van der Waals surface area contributed by atoms with Gasteiger partial charge in [-0.05, 0) is 30.7 Å². The number of sulfonamides is 1. The molecular formula is C15H15Cl2NO2S. The minimum Gasteiger partial charge on any atom is -0.207 e. The van der Waals surface area contributed by atoms with Gasteiger partial charge in [0, 0.05) is 10.9 Å². The molecule has 3 nitrogen and oxygen atoms in total. The van der Waals surface area contributed by atoms with E-state index < -0.39 is 15.6 Å². The average Bonchev–Trinajstić information content (AvgIpc) is 2.47. The highest BCUT2D eigenvalue weighted by Gasteiger charge is 2.31. The van der Waals surface area contributed by atoms with Crippen LogP contribution in [0.25, 0.3) is 0 Å². The molecule has 0 saturated heterocycles. The molecule has 1 N–H and O–H groups in total. The van der Waals surface area contributed by atoms with Gasteiger partial charge in [-0.1, -0.05) is 48.0 Å². The Hall–Kier alpha value is -1.07. The molecule has 0 fully saturated rings. The van der Waals surface area contributed by atoms with E-state index in [1.54, 1.807) is 19.1 Å². The van der Waals surface area contributed by atoms with Gasteiger partial charge in [0.05, 0.1) is 10.4 Å². The molecule has 0 spiro atoms. The van der Waals surface area contributed by atoms with Gasteiger partial charge in [0.2, 0.25) is 10.0 Å².